The fraction of sp³-hybridized carbons (Fsp3) is 0.400. The number of aryl methyl sites for hydroxylation is 2. The predicted molar refractivity (Wildman–Crippen MR) is 56.1 cm³/mol. The molecule has 0 saturated heterocycles. The van der Waals surface area contributed by atoms with Gasteiger partial charge in [0.1, 0.15) is 6.67 Å². The minimum atomic E-state index is -0.498. The van der Waals surface area contributed by atoms with Crippen molar-refractivity contribution >= 4 is 12.4 Å². The molecule has 2 N–H and O–H groups in total. The largest absolute Gasteiger partial charge is 0.322 e. The second kappa shape index (κ2) is 5.20. The highest BCUT2D eigenvalue weighted by Crippen LogP contribution is 2.15. The van der Waals surface area contributed by atoms with Gasteiger partial charge >= 0.3 is 0 Å². The average Bonchev–Trinajstić information content (AvgIpc) is 2.08. The van der Waals surface area contributed by atoms with Gasteiger partial charge in [0.15, 0.2) is 0 Å². The quantitative estimate of drug-likeness (QED) is 0.786. The summed E-state index contributed by atoms with van der Waals surface area (Å²) in [5, 5.41) is 0. The van der Waals surface area contributed by atoms with Gasteiger partial charge in [0.2, 0.25) is 0 Å². The SMILES string of the molecule is Cc1ccc([C@@H](N)CF)cc1C.Cl. The van der Waals surface area contributed by atoms with Gasteiger partial charge in [-0.1, -0.05) is 18.2 Å². The summed E-state index contributed by atoms with van der Waals surface area (Å²) < 4.78 is 12.2. The molecule has 0 radical (unpaired) electrons. The molecular formula is C10H15ClFN. The molecule has 0 heterocycles. The summed E-state index contributed by atoms with van der Waals surface area (Å²) in [7, 11) is 0. The molecule has 13 heavy (non-hydrogen) atoms. The molecule has 1 nitrogen and oxygen atoms in total. The third-order valence-electron chi connectivity index (χ3n) is 2.13. The van der Waals surface area contributed by atoms with Crippen molar-refractivity contribution < 1.29 is 4.39 Å². The molecule has 0 aliphatic rings. The van der Waals surface area contributed by atoms with E-state index >= 15 is 0 Å². The fourth-order valence-electron chi connectivity index (χ4n) is 1.08. The highest BCUT2D eigenvalue weighted by molar-refractivity contribution is 5.85. The Kier molecular flexibility index (Phi) is 4.96. The molecule has 0 bridgehead atoms. The number of alkyl halides is 1. The summed E-state index contributed by atoms with van der Waals surface area (Å²) in [6, 6.07) is 5.33. The molecule has 0 spiro atoms. The van der Waals surface area contributed by atoms with Crippen LogP contribution in [0.2, 0.25) is 0 Å². The second-order valence-electron chi connectivity index (χ2n) is 3.10. The normalized spacial score (nSPS) is 12.0. The summed E-state index contributed by atoms with van der Waals surface area (Å²) in [6.45, 7) is 3.53. The Morgan fingerprint density at radius 3 is 2.38 bits per heavy atom. The monoisotopic (exact) mass is 203 g/mol. The van der Waals surface area contributed by atoms with Crippen molar-refractivity contribution in [3.05, 3.63) is 34.9 Å². The number of hydrogen-bond donors (Lipinski definition) is 1. The molecule has 0 aliphatic carbocycles. The van der Waals surface area contributed by atoms with E-state index in [1.807, 2.05) is 32.0 Å². The predicted octanol–water partition coefficient (Wildman–Crippen LogP) is 2.69. The average molecular weight is 204 g/mol. The molecule has 3 heteroatoms. The van der Waals surface area contributed by atoms with Gasteiger partial charge in [-0.2, -0.15) is 0 Å². The maximum absolute atomic E-state index is 12.2. The van der Waals surface area contributed by atoms with Crippen LogP contribution in [0.25, 0.3) is 0 Å². The van der Waals surface area contributed by atoms with Crippen molar-refractivity contribution in [1.29, 1.82) is 0 Å². The summed E-state index contributed by atoms with van der Waals surface area (Å²) in [4.78, 5) is 0. The maximum atomic E-state index is 12.2. The zero-order valence-corrected chi connectivity index (χ0v) is 8.70. The smallest absolute Gasteiger partial charge is 0.109 e. The van der Waals surface area contributed by atoms with Gasteiger partial charge in [-0.05, 0) is 30.5 Å². The first-order chi connectivity index (χ1) is 5.65. The van der Waals surface area contributed by atoms with E-state index in [2.05, 4.69) is 0 Å². The molecule has 0 saturated carbocycles. The zero-order chi connectivity index (χ0) is 9.14. The number of hydrogen-bond acceptors (Lipinski definition) is 1. The van der Waals surface area contributed by atoms with Gasteiger partial charge in [-0.25, -0.2) is 4.39 Å². The van der Waals surface area contributed by atoms with E-state index in [-0.39, 0.29) is 12.4 Å². The Morgan fingerprint density at radius 2 is 1.92 bits per heavy atom. The van der Waals surface area contributed by atoms with Crippen LogP contribution in [-0.2, 0) is 0 Å². The summed E-state index contributed by atoms with van der Waals surface area (Å²) >= 11 is 0. The number of rotatable bonds is 2. The second-order valence-corrected chi connectivity index (χ2v) is 3.10. The lowest BCUT2D eigenvalue weighted by Gasteiger charge is -2.09. The fourth-order valence-corrected chi connectivity index (χ4v) is 1.08. The van der Waals surface area contributed by atoms with Gasteiger partial charge in [-0.3, -0.25) is 0 Å². The number of nitrogens with two attached hydrogens (primary N) is 1. The highest BCUT2D eigenvalue weighted by Gasteiger charge is 2.05. The first-order valence-electron chi connectivity index (χ1n) is 4.04. The van der Waals surface area contributed by atoms with Crippen LogP contribution in [0.5, 0.6) is 0 Å². The molecular weight excluding hydrogens is 189 g/mol. The minimum Gasteiger partial charge on any atom is -0.322 e. The van der Waals surface area contributed by atoms with Crippen LogP contribution in [0.4, 0.5) is 4.39 Å². The molecule has 0 amide bonds. The van der Waals surface area contributed by atoms with E-state index < -0.39 is 12.7 Å². The van der Waals surface area contributed by atoms with Gasteiger partial charge in [0.25, 0.3) is 0 Å². The van der Waals surface area contributed by atoms with Gasteiger partial charge in [-0.15, -0.1) is 12.4 Å². The first-order valence-corrected chi connectivity index (χ1v) is 4.04. The lowest BCUT2D eigenvalue weighted by Crippen LogP contribution is -2.12. The van der Waals surface area contributed by atoms with Crippen molar-refractivity contribution in [3.8, 4) is 0 Å². The highest BCUT2D eigenvalue weighted by atomic mass is 35.5. The number of benzene rings is 1. The van der Waals surface area contributed by atoms with Crippen LogP contribution in [0.3, 0.4) is 0 Å². The lowest BCUT2D eigenvalue weighted by molar-refractivity contribution is 0.437. The Bertz CT molecular complexity index is 276. The molecule has 74 valence electrons. The van der Waals surface area contributed by atoms with Crippen molar-refractivity contribution in [2.45, 2.75) is 19.9 Å². The Morgan fingerprint density at radius 1 is 1.31 bits per heavy atom. The summed E-state index contributed by atoms with van der Waals surface area (Å²) in [5.74, 6) is 0. The Balaban J connectivity index is 0.00000144. The summed E-state index contributed by atoms with van der Waals surface area (Å²) in [6.07, 6.45) is 0. The van der Waals surface area contributed by atoms with Gasteiger partial charge in [0, 0.05) is 0 Å². The maximum Gasteiger partial charge on any atom is 0.109 e. The molecule has 0 unspecified atom stereocenters. The summed E-state index contributed by atoms with van der Waals surface area (Å²) in [5.41, 5.74) is 8.79. The van der Waals surface area contributed by atoms with Gasteiger partial charge in [0.05, 0.1) is 6.04 Å². The van der Waals surface area contributed by atoms with Crippen LogP contribution < -0.4 is 5.73 Å². The molecule has 1 atom stereocenters. The third kappa shape index (κ3) is 2.98. The third-order valence-corrected chi connectivity index (χ3v) is 2.13. The van der Waals surface area contributed by atoms with Crippen LogP contribution in [0.1, 0.15) is 22.7 Å². The van der Waals surface area contributed by atoms with E-state index in [1.54, 1.807) is 0 Å². The van der Waals surface area contributed by atoms with Crippen LogP contribution in [-0.4, -0.2) is 6.67 Å². The van der Waals surface area contributed by atoms with Crippen molar-refractivity contribution in [1.82, 2.24) is 0 Å². The minimum absolute atomic E-state index is 0. The molecule has 1 aromatic rings. The van der Waals surface area contributed by atoms with Crippen LogP contribution >= 0.6 is 12.4 Å². The molecule has 1 aromatic carbocycles. The van der Waals surface area contributed by atoms with E-state index in [0.29, 0.717) is 0 Å². The van der Waals surface area contributed by atoms with Gasteiger partial charge < -0.3 is 5.73 Å². The topological polar surface area (TPSA) is 26.0 Å². The van der Waals surface area contributed by atoms with Crippen LogP contribution in [0, 0.1) is 13.8 Å². The van der Waals surface area contributed by atoms with E-state index in [1.165, 1.54) is 5.56 Å². The van der Waals surface area contributed by atoms with Crippen molar-refractivity contribution in [3.63, 3.8) is 0 Å². The van der Waals surface area contributed by atoms with E-state index in [0.717, 1.165) is 11.1 Å². The van der Waals surface area contributed by atoms with Crippen molar-refractivity contribution in [2.24, 2.45) is 5.73 Å². The van der Waals surface area contributed by atoms with E-state index in [4.69, 9.17) is 5.73 Å². The molecule has 0 aliphatic heterocycles. The standard InChI is InChI=1S/C10H14FN.ClH/c1-7-3-4-9(5-8(7)2)10(12)6-11;/h3-5,10H,6,12H2,1-2H3;1H/t10-;/m0./s1. The van der Waals surface area contributed by atoms with Crippen molar-refractivity contribution in [2.75, 3.05) is 6.67 Å². The molecule has 0 fully saturated rings. The lowest BCUT2D eigenvalue weighted by atomic mass is 10.0. The van der Waals surface area contributed by atoms with E-state index in [9.17, 15) is 4.39 Å². The molecule has 0 aromatic heterocycles. The zero-order valence-electron chi connectivity index (χ0n) is 7.88. The molecule has 1 rings (SSSR count). The Hall–Kier alpha value is -0.600. The first kappa shape index (κ1) is 12.4. The van der Waals surface area contributed by atoms with Crippen LogP contribution in [0.15, 0.2) is 18.2 Å². The Labute approximate surface area is 84.5 Å². The number of halogens is 2.